The molecule has 2 heterocycles. The van der Waals surface area contributed by atoms with E-state index >= 15 is 0 Å². The molecule has 0 bridgehead atoms. The predicted octanol–water partition coefficient (Wildman–Crippen LogP) is 3.71. The van der Waals surface area contributed by atoms with Crippen molar-refractivity contribution in [1.82, 2.24) is 19.8 Å². The van der Waals surface area contributed by atoms with Gasteiger partial charge < -0.3 is 9.88 Å². The van der Waals surface area contributed by atoms with Crippen molar-refractivity contribution in [1.29, 1.82) is 0 Å². The lowest BCUT2D eigenvalue weighted by Crippen LogP contribution is -2.36. The number of carbonyl (C=O) groups is 1. The second-order valence-electron chi connectivity index (χ2n) is 7.82. The van der Waals surface area contributed by atoms with Gasteiger partial charge in [0.2, 0.25) is 0 Å². The van der Waals surface area contributed by atoms with E-state index in [1.807, 2.05) is 12.1 Å². The summed E-state index contributed by atoms with van der Waals surface area (Å²) in [5, 5.41) is 3.21. The van der Waals surface area contributed by atoms with Crippen LogP contribution in [0.1, 0.15) is 68.1 Å². The van der Waals surface area contributed by atoms with Gasteiger partial charge in [0, 0.05) is 24.7 Å². The van der Waals surface area contributed by atoms with Crippen LogP contribution in [0.25, 0.3) is 11.0 Å². The summed E-state index contributed by atoms with van der Waals surface area (Å²) in [5.74, 6) is 1.18. The summed E-state index contributed by atoms with van der Waals surface area (Å²) in [4.78, 5) is 19.9. The average Bonchev–Trinajstić information content (AvgIpc) is 3.04. The monoisotopic (exact) mass is 354 g/mol. The van der Waals surface area contributed by atoms with E-state index in [1.165, 1.54) is 32.1 Å². The molecular weight excluding hydrogens is 324 g/mol. The minimum Gasteiger partial charge on any atom is -0.349 e. The molecule has 2 aliphatic rings. The van der Waals surface area contributed by atoms with Gasteiger partial charge in [-0.1, -0.05) is 32.6 Å². The fourth-order valence-corrected chi connectivity index (χ4v) is 4.30. The smallest absolute Gasteiger partial charge is 0.251 e. The molecule has 0 atom stereocenters. The Balaban J connectivity index is 1.50. The van der Waals surface area contributed by atoms with E-state index in [-0.39, 0.29) is 5.91 Å². The summed E-state index contributed by atoms with van der Waals surface area (Å²) in [6.45, 7) is 6.37. The molecule has 1 saturated carbocycles. The van der Waals surface area contributed by atoms with Crippen LogP contribution in [0, 0.1) is 0 Å². The average molecular weight is 354 g/mol. The largest absolute Gasteiger partial charge is 0.349 e. The number of imidazole rings is 1. The first-order chi connectivity index (χ1) is 12.7. The van der Waals surface area contributed by atoms with E-state index in [1.54, 1.807) is 0 Å². The molecule has 0 saturated heterocycles. The standard InChI is InChI=1S/C21H30N4O/c1-2-3-11-24-12-13-25-19-10-9-16(14-18(19)23-20(25)15-24)21(26)22-17-7-5-4-6-8-17/h9-10,14,17H,2-8,11-13,15H2,1H3,(H,22,26). The van der Waals surface area contributed by atoms with Crippen LogP contribution in [0.5, 0.6) is 0 Å². The van der Waals surface area contributed by atoms with Gasteiger partial charge in [-0.2, -0.15) is 0 Å². The Morgan fingerprint density at radius 2 is 2.08 bits per heavy atom. The molecule has 0 radical (unpaired) electrons. The van der Waals surface area contributed by atoms with Crippen LogP contribution in [0.3, 0.4) is 0 Å². The van der Waals surface area contributed by atoms with Gasteiger partial charge in [0.15, 0.2) is 0 Å². The van der Waals surface area contributed by atoms with Crippen LogP contribution in [0.15, 0.2) is 18.2 Å². The number of hydrogen-bond acceptors (Lipinski definition) is 3. The zero-order valence-electron chi connectivity index (χ0n) is 15.8. The van der Waals surface area contributed by atoms with E-state index in [2.05, 4.69) is 27.8 Å². The quantitative estimate of drug-likeness (QED) is 0.890. The SMILES string of the molecule is CCCCN1CCn2c(nc3cc(C(=O)NC4CCCCC4)ccc32)C1. The van der Waals surface area contributed by atoms with Crippen LogP contribution < -0.4 is 5.32 Å². The molecule has 1 aromatic carbocycles. The highest BCUT2D eigenvalue weighted by molar-refractivity contribution is 5.97. The van der Waals surface area contributed by atoms with E-state index in [0.717, 1.165) is 61.4 Å². The summed E-state index contributed by atoms with van der Waals surface area (Å²) in [7, 11) is 0. The van der Waals surface area contributed by atoms with Gasteiger partial charge in [-0.05, 0) is 44.0 Å². The first kappa shape index (κ1) is 17.5. The maximum absolute atomic E-state index is 12.6. The molecule has 140 valence electrons. The van der Waals surface area contributed by atoms with Crippen molar-refractivity contribution >= 4 is 16.9 Å². The van der Waals surface area contributed by atoms with Crippen molar-refractivity contribution in [3.63, 3.8) is 0 Å². The molecule has 1 aliphatic carbocycles. The fourth-order valence-electron chi connectivity index (χ4n) is 4.30. The second kappa shape index (κ2) is 7.78. The molecule has 0 spiro atoms. The first-order valence-electron chi connectivity index (χ1n) is 10.3. The molecule has 0 unspecified atom stereocenters. The number of carbonyl (C=O) groups excluding carboxylic acids is 1. The first-order valence-corrected chi connectivity index (χ1v) is 10.3. The van der Waals surface area contributed by atoms with Crippen LogP contribution in [-0.4, -0.2) is 39.5 Å². The highest BCUT2D eigenvalue weighted by Gasteiger charge is 2.21. The van der Waals surface area contributed by atoms with Crippen molar-refractivity contribution in [2.75, 3.05) is 13.1 Å². The van der Waals surface area contributed by atoms with Crippen molar-refractivity contribution in [2.24, 2.45) is 0 Å². The number of hydrogen-bond donors (Lipinski definition) is 1. The Morgan fingerprint density at radius 3 is 2.88 bits per heavy atom. The summed E-state index contributed by atoms with van der Waals surface area (Å²) in [5.41, 5.74) is 2.85. The lowest BCUT2D eigenvalue weighted by Gasteiger charge is -2.27. The highest BCUT2D eigenvalue weighted by atomic mass is 16.1. The van der Waals surface area contributed by atoms with Gasteiger partial charge in [0.1, 0.15) is 5.82 Å². The van der Waals surface area contributed by atoms with E-state index in [4.69, 9.17) is 4.98 Å². The molecule has 4 rings (SSSR count). The zero-order chi connectivity index (χ0) is 17.9. The van der Waals surface area contributed by atoms with E-state index in [0.29, 0.717) is 6.04 Å². The number of aromatic nitrogens is 2. The summed E-state index contributed by atoms with van der Waals surface area (Å²) in [6.07, 6.45) is 8.45. The molecule has 5 heteroatoms. The van der Waals surface area contributed by atoms with Crippen molar-refractivity contribution in [3.05, 3.63) is 29.6 Å². The fraction of sp³-hybridized carbons (Fsp3) is 0.619. The van der Waals surface area contributed by atoms with Crippen LogP contribution in [-0.2, 0) is 13.1 Å². The van der Waals surface area contributed by atoms with Gasteiger partial charge in [-0.15, -0.1) is 0 Å². The van der Waals surface area contributed by atoms with Crippen LogP contribution >= 0.6 is 0 Å². The molecule has 1 N–H and O–H groups in total. The number of amides is 1. The highest BCUT2D eigenvalue weighted by Crippen LogP contribution is 2.23. The van der Waals surface area contributed by atoms with Crippen molar-refractivity contribution in [3.8, 4) is 0 Å². The van der Waals surface area contributed by atoms with Gasteiger partial charge in [-0.25, -0.2) is 4.98 Å². The molecular formula is C21H30N4O. The Hall–Kier alpha value is -1.88. The second-order valence-corrected chi connectivity index (χ2v) is 7.82. The normalized spacial score (nSPS) is 18.8. The lowest BCUT2D eigenvalue weighted by molar-refractivity contribution is 0.0928. The van der Waals surface area contributed by atoms with Gasteiger partial charge in [-0.3, -0.25) is 9.69 Å². The maximum atomic E-state index is 12.6. The minimum absolute atomic E-state index is 0.0503. The Bertz CT molecular complexity index is 776. The predicted molar refractivity (Wildman–Crippen MR) is 104 cm³/mol. The summed E-state index contributed by atoms with van der Waals surface area (Å²) >= 11 is 0. The zero-order valence-corrected chi connectivity index (χ0v) is 15.8. The third-order valence-electron chi connectivity index (χ3n) is 5.86. The van der Waals surface area contributed by atoms with E-state index < -0.39 is 0 Å². The summed E-state index contributed by atoms with van der Waals surface area (Å²) in [6, 6.07) is 6.34. The molecule has 5 nitrogen and oxygen atoms in total. The number of nitrogens with zero attached hydrogens (tertiary/aromatic N) is 3. The number of rotatable bonds is 5. The number of fused-ring (bicyclic) bond motifs is 3. The van der Waals surface area contributed by atoms with E-state index in [9.17, 15) is 4.79 Å². The van der Waals surface area contributed by atoms with Crippen molar-refractivity contribution < 1.29 is 4.79 Å². The third-order valence-corrected chi connectivity index (χ3v) is 5.86. The molecule has 1 aliphatic heterocycles. The third kappa shape index (κ3) is 3.63. The maximum Gasteiger partial charge on any atom is 0.251 e. The van der Waals surface area contributed by atoms with Gasteiger partial charge in [0.25, 0.3) is 5.91 Å². The topological polar surface area (TPSA) is 50.2 Å². The number of unbranched alkanes of at least 4 members (excludes halogenated alkanes) is 1. The number of benzene rings is 1. The Morgan fingerprint density at radius 1 is 1.23 bits per heavy atom. The van der Waals surface area contributed by atoms with Crippen LogP contribution in [0.2, 0.25) is 0 Å². The Kier molecular flexibility index (Phi) is 5.25. The molecule has 1 amide bonds. The van der Waals surface area contributed by atoms with Crippen LogP contribution in [0.4, 0.5) is 0 Å². The molecule has 26 heavy (non-hydrogen) atoms. The molecule has 2 aromatic rings. The minimum atomic E-state index is 0.0503. The molecule has 1 aromatic heterocycles. The Labute approximate surface area is 155 Å². The van der Waals surface area contributed by atoms with Gasteiger partial charge in [0.05, 0.1) is 17.6 Å². The number of nitrogens with one attached hydrogen (secondary N) is 1. The summed E-state index contributed by atoms with van der Waals surface area (Å²) < 4.78 is 2.32. The van der Waals surface area contributed by atoms with Crippen molar-refractivity contribution in [2.45, 2.75) is 71.0 Å². The lowest BCUT2D eigenvalue weighted by atomic mass is 9.95. The van der Waals surface area contributed by atoms with Gasteiger partial charge >= 0.3 is 0 Å². The molecule has 1 fully saturated rings.